The van der Waals surface area contributed by atoms with Gasteiger partial charge >= 0.3 is 5.97 Å². The van der Waals surface area contributed by atoms with Crippen LogP contribution in [0, 0.1) is 17.8 Å². The number of anilines is 1. The van der Waals surface area contributed by atoms with Crippen molar-refractivity contribution in [3.63, 3.8) is 0 Å². The standard InChI is InChI=1S/C19H25NO4/c1-4-7-15(14-10-11(14)2)20-16-9-6-5-8-13(16)18(22)17(12(3)21)19(23)24/h5-6,8-9,11,14-15,17,20H,4,7,10H2,1-3H3,(H,23,24). The van der Waals surface area contributed by atoms with Gasteiger partial charge in [-0.2, -0.15) is 0 Å². The second kappa shape index (κ2) is 7.60. The molecule has 1 saturated carbocycles. The van der Waals surface area contributed by atoms with Crippen molar-refractivity contribution in [2.45, 2.75) is 46.1 Å². The molecule has 4 unspecified atom stereocenters. The number of nitrogens with one attached hydrogen (secondary N) is 1. The average molecular weight is 331 g/mol. The molecular formula is C19H25NO4. The minimum Gasteiger partial charge on any atom is -0.480 e. The van der Waals surface area contributed by atoms with Crippen LogP contribution in [0.25, 0.3) is 0 Å². The molecule has 1 aromatic rings. The summed E-state index contributed by atoms with van der Waals surface area (Å²) in [5, 5.41) is 12.6. The van der Waals surface area contributed by atoms with Crippen molar-refractivity contribution in [3.8, 4) is 0 Å². The Hall–Kier alpha value is -2.17. The van der Waals surface area contributed by atoms with Gasteiger partial charge in [0.05, 0.1) is 0 Å². The van der Waals surface area contributed by atoms with E-state index in [2.05, 4.69) is 19.2 Å². The summed E-state index contributed by atoms with van der Waals surface area (Å²) in [6, 6.07) is 7.12. The molecule has 0 amide bonds. The molecule has 5 nitrogen and oxygen atoms in total. The van der Waals surface area contributed by atoms with Crippen molar-refractivity contribution >= 4 is 23.2 Å². The SMILES string of the molecule is CCCC(Nc1ccccc1C(=O)C(C(C)=O)C(=O)O)C1CC1C. The topological polar surface area (TPSA) is 83.5 Å². The molecule has 1 aliphatic carbocycles. The average Bonchev–Trinajstić information content (AvgIpc) is 3.23. The molecule has 0 radical (unpaired) electrons. The van der Waals surface area contributed by atoms with Crippen LogP contribution in [0.2, 0.25) is 0 Å². The first-order chi connectivity index (χ1) is 11.4. The van der Waals surface area contributed by atoms with Gasteiger partial charge in [-0.05, 0) is 43.7 Å². The molecule has 24 heavy (non-hydrogen) atoms. The lowest BCUT2D eigenvalue weighted by molar-refractivity contribution is -0.143. The Morgan fingerprint density at radius 3 is 2.42 bits per heavy atom. The van der Waals surface area contributed by atoms with E-state index >= 15 is 0 Å². The van der Waals surface area contributed by atoms with E-state index in [4.69, 9.17) is 0 Å². The largest absolute Gasteiger partial charge is 0.480 e. The lowest BCUT2D eigenvalue weighted by Gasteiger charge is -2.22. The van der Waals surface area contributed by atoms with Crippen LogP contribution in [-0.2, 0) is 9.59 Å². The molecule has 1 fully saturated rings. The molecule has 130 valence electrons. The van der Waals surface area contributed by atoms with E-state index in [1.807, 2.05) is 6.07 Å². The zero-order chi connectivity index (χ0) is 17.9. The number of Topliss-reactive ketones (excluding diaryl/α,β-unsaturated/α-hetero) is 2. The minimum absolute atomic E-state index is 0.263. The Labute approximate surface area is 142 Å². The number of carboxylic acid groups (broad SMARTS) is 1. The van der Waals surface area contributed by atoms with Crippen molar-refractivity contribution in [1.82, 2.24) is 0 Å². The van der Waals surface area contributed by atoms with E-state index in [1.54, 1.807) is 18.2 Å². The van der Waals surface area contributed by atoms with Gasteiger partial charge in [-0.1, -0.05) is 32.4 Å². The predicted octanol–water partition coefficient (Wildman–Crippen LogP) is 3.40. The predicted molar refractivity (Wildman–Crippen MR) is 92.2 cm³/mol. The van der Waals surface area contributed by atoms with Crippen molar-refractivity contribution < 1.29 is 19.5 Å². The lowest BCUT2D eigenvalue weighted by atomic mass is 9.93. The van der Waals surface area contributed by atoms with Gasteiger partial charge in [0.15, 0.2) is 17.5 Å². The monoisotopic (exact) mass is 331 g/mol. The number of ketones is 2. The summed E-state index contributed by atoms with van der Waals surface area (Å²) in [5.41, 5.74) is 0.891. The highest BCUT2D eigenvalue weighted by Gasteiger charge is 2.39. The number of carbonyl (C=O) groups excluding carboxylic acids is 2. The fraction of sp³-hybridized carbons (Fsp3) is 0.526. The fourth-order valence-corrected chi connectivity index (χ4v) is 3.27. The molecule has 0 heterocycles. The van der Waals surface area contributed by atoms with Crippen molar-refractivity contribution in [3.05, 3.63) is 29.8 Å². The van der Waals surface area contributed by atoms with E-state index in [0.29, 0.717) is 17.5 Å². The fourth-order valence-electron chi connectivity index (χ4n) is 3.27. The molecule has 0 bridgehead atoms. The highest BCUT2D eigenvalue weighted by atomic mass is 16.4. The van der Waals surface area contributed by atoms with E-state index in [0.717, 1.165) is 19.8 Å². The van der Waals surface area contributed by atoms with Crippen LogP contribution in [-0.4, -0.2) is 28.7 Å². The van der Waals surface area contributed by atoms with Gasteiger partial charge in [-0.15, -0.1) is 0 Å². The Balaban J connectivity index is 2.27. The molecule has 1 aromatic carbocycles. The maximum Gasteiger partial charge on any atom is 0.322 e. The van der Waals surface area contributed by atoms with Gasteiger partial charge in [0.2, 0.25) is 0 Å². The van der Waals surface area contributed by atoms with Gasteiger partial charge < -0.3 is 10.4 Å². The second-order valence-corrected chi connectivity index (χ2v) is 6.71. The van der Waals surface area contributed by atoms with E-state index in [-0.39, 0.29) is 11.6 Å². The number of carboxylic acids is 1. The number of para-hydroxylation sites is 1. The number of rotatable bonds is 9. The molecule has 2 N–H and O–H groups in total. The van der Waals surface area contributed by atoms with Gasteiger partial charge in [-0.3, -0.25) is 14.4 Å². The van der Waals surface area contributed by atoms with Crippen LogP contribution in [0.5, 0.6) is 0 Å². The van der Waals surface area contributed by atoms with Crippen LogP contribution >= 0.6 is 0 Å². The lowest BCUT2D eigenvalue weighted by Crippen LogP contribution is -2.31. The Morgan fingerprint density at radius 1 is 1.29 bits per heavy atom. The molecule has 0 saturated heterocycles. The molecule has 0 aliphatic heterocycles. The summed E-state index contributed by atoms with van der Waals surface area (Å²) in [5.74, 6) is -3.10. The molecule has 4 atom stereocenters. The van der Waals surface area contributed by atoms with Crippen molar-refractivity contribution in [2.75, 3.05) is 5.32 Å². The van der Waals surface area contributed by atoms with Crippen LogP contribution in [0.1, 0.15) is 50.4 Å². The van der Waals surface area contributed by atoms with Crippen LogP contribution in [0.4, 0.5) is 5.69 Å². The van der Waals surface area contributed by atoms with Crippen molar-refractivity contribution in [1.29, 1.82) is 0 Å². The number of hydrogen-bond acceptors (Lipinski definition) is 4. The maximum atomic E-state index is 12.6. The van der Waals surface area contributed by atoms with Gasteiger partial charge in [0.1, 0.15) is 0 Å². The number of aliphatic carboxylic acids is 1. The highest BCUT2D eigenvalue weighted by molar-refractivity contribution is 6.23. The summed E-state index contributed by atoms with van der Waals surface area (Å²) in [6.07, 6.45) is 3.19. The first-order valence-electron chi connectivity index (χ1n) is 8.49. The Morgan fingerprint density at radius 2 is 1.92 bits per heavy atom. The molecular weight excluding hydrogens is 306 g/mol. The Kier molecular flexibility index (Phi) is 5.75. The maximum absolute atomic E-state index is 12.6. The highest BCUT2D eigenvalue weighted by Crippen LogP contribution is 2.43. The molecule has 2 rings (SSSR count). The smallest absolute Gasteiger partial charge is 0.322 e. The van der Waals surface area contributed by atoms with E-state index < -0.39 is 23.5 Å². The molecule has 1 aliphatic rings. The van der Waals surface area contributed by atoms with Crippen molar-refractivity contribution in [2.24, 2.45) is 17.8 Å². The normalized spacial score (nSPS) is 21.6. The zero-order valence-corrected chi connectivity index (χ0v) is 14.4. The summed E-state index contributed by atoms with van der Waals surface area (Å²) in [4.78, 5) is 35.5. The van der Waals surface area contributed by atoms with Crippen LogP contribution in [0.15, 0.2) is 24.3 Å². The third-order valence-corrected chi connectivity index (χ3v) is 4.74. The number of benzene rings is 1. The van der Waals surface area contributed by atoms with Gasteiger partial charge in [0.25, 0.3) is 0 Å². The molecule has 5 heteroatoms. The first-order valence-corrected chi connectivity index (χ1v) is 8.49. The third-order valence-electron chi connectivity index (χ3n) is 4.74. The third kappa shape index (κ3) is 4.02. The Bertz CT molecular complexity index is 626. The summed E-state index contributed by atoms with van der Waals surface area (Å²) >= 11 is 0. The van der Waals surface area contributed by atoms with Crippen LogP contribution < -0.4 is 5.32 Å². The summed E-state index contributed by atoms with van der Waals surface area (Å²) in [6.45, 7) is 5.47. The molecule has 0 spiro atoms. The van der Waals surface area contributed by atoms with E-state index in [9.17, 15) is 19.5 Å². The van der Waals surface area contributed by atoms with E-state index in [1.165, 1.54) is 6.42 Å². The first kappa shape index (κ1) is 18.2. The second-order valence-electron chi connectivity index (χ2n) is 6.71. The number of hydrogen-bond donors (Lipinski definition) is 2. The molecule has 0 aromatic heterocycles. The number of carbonyl (C=O) groups is 3. The summed E-state index contributed by atoms with van der Waals surface area (Å²) in [7, 11) is 0. The quantitative estimate of drug-likeness (QED) is 0.535. The zero-order valence-electron chi connectivity index (χ0n) is 14.4. The minimum atomic E-state index is -1.64. The van der Waals surface area contributed by atoms with Gasteiger partial charge in [0, 0.05) is 17.3 Å². The van der Waals surface area contributed by atoms with Gasteiger partial charge in [-0.25, -0.2) is 0 Å². The van der Waals surface area contributed by atoms with Crippen LogP contribution in [0.3, 0.4) is 0 Å². The summed E-state index contributed by atoms with van der Waals surface area (Å²) < 4.78 is 0.